The normalized spacial score (nSPS) is 26.5. The zero-order valence-electron chi connectivity index (χ0n) is 11.7. The van der Waals surface area contributed by atoms with Gasteiger partial charge in [0, 0.05) is 30.4 Å². The van der Waals surface area contributed by atoms with Crippen LogP contribution in [0, 0.1) is 11.7 Å². The van der Waals surface area contributed by atoms with Crippen molar-refractivity contribution in [1.82, 2.24) is 5.32 Å². The quantitative estimate of drug-likeness (QED) is 0.899. The lowest BCUT2D eigenvalue weighted by molar-refractivity contribution is 0.342. The highest BCUT2D eigenvalue weighted by atomic mass is 19.1. The Bertz CT molecular complexity index is 446. The van der Waals surface area contributed by atoms with Gasteiger partial charge in [0.25, 0.3) is 0 Å². The molecule has 1 aliphatic carbocycles. The summed E-state index contributed by atoms with van der Waals surface area (Å²) in [5.74, 6) is 0.755. The number of hydrogen-bond donors (Lipinski definition) is 1. The van der Waals surface area contributed by atoms with Gasteiger partial charge >= 0.3 is 0 Å². The molecule has 0 bridgehead atoms. The fraction of sp³-hybridized carbons (Fsp3) is 0.625. The minimum Gasteiger partial charge on any atom is -0.368 e. The molecule has 0 amide bonds. The van der Waals surface area contributed by atoms with Crippen molar-refractivity contribution in [2.24, 2.45) is 5.92 Å². The molecule has 0 spiro atoms. The van der Waals surface area contributed by atoms with E-state index in [0.717, 1.165) is 23.7 Å². The number of nitrogens with one attached hydrogen (secondary N) is 1. The average molecular weight is 262 g/mol. The molecular formula is C16H23FN2. The van der Waals surface area contributed by atoms with E-state index in [4.69, 9.17) is 0 Å². The van der Waals surface area contributed by atoms with E-state index in [-0.39, 0.29) is 5.82 Å². The van der Waals surface area contributed by atoms with E-state index in [0.29, 0.717) is 12.6 Å². The van der Waals surface area contributed by atoms with Crippen molar-refractivity contribution >= 4 is 5.69 Å². The molecule has 1 aliphatic heterocycles. The van der Waals surface area contributed by atoms with Crippen LogP contribution in [-0.4, -0.2) is 19.6 Å². The molecule has 2 nitrogen and oxygen atoms in total. The van der Waals surface area contributed by atoms with Crippen molar-refractivity contribution in [1.29, 1.82) is 0 Å². The smallest absolute Gasteiger partial charge is 0.129 e. The molecule has 3 heteroatoms. The third kappa shape index (κ3) is 2.36. The van der Waals surface area contributed by atoms with Gasteiger partial charge in [-0.2, -0.15) is 0 Å². The molecule has 1 N–H and O–H groups in total. The van der Waals surface area contributed by atoms with Gasteiger partial charge in [-0.05, 0) is 44.4 Å². The highest BCUT2D eigenvalue weighted by Gasteiger charge is 2.36. The first-order valence-corrected chi connectivity index (χ1v) is 7.50. The summed E-state index contributed by atoms with van der Waals surface area (Å²) in [5, 5.41) is 3.09. The molecule has 3 rings (SSSR count). The summed E-state index contributed by atoms with van der Waals surface area (Å²) in [6, 6.07) is 6.16. The van der Waals surface area contributed by atoms with Crippen LogP contribution in [-0.2, 0) is 6.54 Å². The highest BCUT2D eigenvalue weighted by molar-refractivity contribution is 5.56. The van der Waals surface area contributed by atoms with E-state index in [1.807, 2.05) is 13.1 Å². The van der Waals surface area contributed by atoms with Crippen LogP contribution in [0.3, 0.4) is 0 Å². The Morgan fingerprint density at radius 3 is 2.95 bits per heavy atom. The summed E-state index contributed by atoms with van der Waals surface area (Å²) < 4.78 is 14.0. The topological polar surface area (TPSA) is 15.3 Å². The van der Waals surface area contributed by atoms with Crippen molar-refractivity contribution in [3.63, 3.8) is 0 Å². The van der Waals surface area contributed by atoms with Crippen molar-refractivity contribution in [3.8, 4) is 0 Å². The van der Waals surface area contributed by atoms with E-state index < -0.39 is 0 Å². The monoisotopic (exact) mass is 262 g/mol. The number of rotatable bonds is 3. The van der Waals surface area contributed by atoms with Crippen molar-refractivity contribution < 1.29 is 4.39 Å². The molecule has 1 aromatic carbocycles. The van der Waals surface area contributed by atoms with Gasteiger partial charge in [0.2, 0.25) is 0 Å². The van der Waals surface area contributed by atoms with Gasteiger partial charge in [-0.1, -0.05) is 18.9 Å². The number of nitrogens with zero attached hydrogens (tertiary/aromatic N) is 1. The van der Waals surface area contributed by atoms with Crippen LogP contribution in [0.15, 0.2) is 18.2 Å². The van der Waals surface area contributed by atoms with Gasteiger partial charge < -0.3 is 10.2 Å². The second-order valence-corrected chi connectivity index (χ2v) is 5.86. The first kappa shape index (κ1) is 12.9. The van der Waals surface area contributed by atoms with Crippen LogP contribution >= 0.6 is 0 Å². The van der Waals surface area contributed by atoms with E-state index in [9.17, 15) is 4.39 Å². The number of benzene rings is 1. The Labute approximate surface area is 115 Å². The molecule has 19 heavy (non-hydrogen) atoms. The fourth-order valence-corrected chi connectivity index (χ4v) is 3.87. The summed E-state index contributed by atoms with van der Waals surface area (Å²) in [6.45, 7) is 1.70. The van der Waals surface area contributed by atoms with Crippen LogP contribution < -0.4 is 10.2 Å². The lowest BCUT2D eigenvalue weighted by Gasteiger charge is -2.34. The van der Waals surface area contributed by atoms with E-state index >= 15 is 0 Å². The summed E-state index contributed by atoms with van der Waals surface area (Å²) in [4.78, 5) is 2.47. The molecular weight excluding hydrogens is 239 g/mol. The largest absolute Gasteiger partial charge is 0.368 e. The van der Waals surface area contributed by atoms with Crippen molar-refractivity contribution in [2.45, 2.75) is 44.7 Å². The number of hydrogen-bond acceptors (Lipinski definition) is 2. The Morgan fingerprint density at radius 2 is 2.11 bits per heavy atom. The van der Waals surface area contributed by atoms with Crippen LogP contribution in [0.2, 0.25) is 0 Å². The maximum absolute atomic E-state index is 14.0. The second-order valence-electron chi connectivity index (χ2n) is 5.86. The van der Waals surface area contributed by atoms with Crippen molar-refractivity contribution in [3.05, 3.63) is 29.6 Å². The first-order chi connectivity index (χ1) is 9.31. The predicted octanol–water partition coefficient (Wildman–Crippen LogP) is 3.31. The standard InChI is InChI=1S/C16H23FN2/c1-18-11-13-14(17)6-4-8-16(13)19-10-9-12-5-2-3-7-15(12)19/h4,6,8,12,15,18H,2-3,5,7,9-11H2,1H3. The lowest BCUT2D eigenvalue weighted by atomic mass is 9.85. The summed E-state index contributed by atoms with van der Waals surface area (Å²) in [5.41, 5.74) is 1.94. The Balaban J connectivity index is 1.91. The molecule has 0 aromatic heterocycles. The van der Waals surface area contributed by atoms with Crippen molar-refractivity contribution in [2.75, 3.05) is 18.5 Å². The third-order valence-corrected chi connectivity index (χ3v) is 4.77. The lowest BCUT2D eigenvalue weighted by Crippen LogP contribution is -2.35. The molecule has 2 aliphatic rings. The zero-order chi connectivity index (χ0) is 13.2. The van der Waals surface area contributed by atoms with Crippen LogP contribution in [0.1, 0.15) is 37.7 Å². The molecule has 1 saturated carbocycles. The van der Waals surface area contributed by atoms with Gasteiger partial charge in [0.1, 0.15) is 5.82 Å². The van der Waals surface area contributed by atoms with Gasteiger partial charge in [-0.3, -0.25) is 0 Å². The predicted molar refractivity (Wildman–Crippen MR) is 76.9 cm³/mol. The van der Waals surface area contributed by atoms with E-state index in [1.165, 1.54) is 32.1 Å². The maximum atomic E-state index is 14.0. The summed E-state index contributed by atoms with van der Waals surface area (Å²) in [7, 11) is 1.88. The zero-order valence-corrected chi connectivity index (χ0v) is 11.7. The molecule has 1 saturated heterocycles. The molecule has 0 radical (unpaired) electrons. The fourth-order valence-electron chi connectivity index (χ4n) is 3.87. The summed E-state index contributed by atoms with van der Waals surface area (Å²) >= 11 is 0. The van der Waals surface area contributed by atoms with Gasteiger partial charge in [0.05, 0.1) is 0 Å². The molecule has 1 aromatic rings. The van der Waals surface area contributed by atoms with Gasteiger partial charge in [-0.15, -0.1) is 0 Å². The SMILES string of the molecule is CNCc1c(F)cccc1N1CCC2CCCCC21. The number of anilines is 1. The number of fused-ring (bicyclic) bond motifs is 1. The molecule has 1 heterocycles. The van der Waals surface area contributed by atoms with E-state index in [1.54, 1.807) is 6.07 Å². The first-order valence-electron chi connectivity index (χ1n) is 7.50. The minimum atomic E-state index is -0.0777. The molecule has 2 fully saturated rings. The highest BCUT2D eigenvalue weighted by Crippen LogP contribution is 2.40. The average Bonchev–Trinajstić information content (AvgIpc) is 2.85. The van der Waals surface area contributed by atoms with E-state index in [2.05, 4.69) is 16.3 Å². The molecule has 2 unspecified atom stereocenters. The Kier molecular flexibility index (Phi) is 3.74. The second kappa shape index (κ2) is 5.49. The minimum absolute atomic E-state index is 0.0777. The number of halogens is 1. The Hall–Kier alpha value is -1.09. The van der Waals surface area contributed by atoms with Crippen LogP contribution in [0.4, 0.5) is 10.1 Å². The third-order valence-electron chi connectivity index (χ3n) is 4.77. The molecule has 2 atom stereocenters. The molecule has 104 valence electrons. The van der Waals surface area contributed by atoms with Crippen LogP contribution in [0.5, 0.6) is 0 Å². The van der Waals surface area contributed by atoms with Gasteiger partial charge in [-0.25, -0.2) is 4.39 Å². The maximum Gasteiger partial charge on any atom is 0.129 e. The Morgan fingerprint density at radius 1 is 1.26 bits per heavy atom. The van der Waals surface area contributed by atoms with Gasteiger partial charge in [0.15, 0.2) is 0 Å². The summed E-state index contributed by atoms with van der Waals surface area (Å²) in [6.07, 6.45) is 6.62. The van der Waals surface area contributed by atoms with Crippen LogP contribution in [0.25, 0.3) is 0 Å².